The number of hydrogen-bond acceptors (Lipinski definition) is 5. The van der Waals surface area contributed by atoms with Crippen molar-refractivity contribution in [2.75, 3.05) is 26.7 Å². The number of halogens is 2. The van der Waals surface area contributed by atoms with Crippen molar-refractivity contribution in [2.24, 2.45) is 17.6 Å². The highest BCUT2D eigenvalue weighted by Gasteiger charge is 2.52. The van der Waals surface area contributed by atoms with Crippen molar-refractivity contribution in [3.8, 4) is 5.75 Å². The minimum absolute atomic E-state index is 0. The number of ether oxygens (including phenoxy) is 1. The molecular formula is C34H44Cl2N4O3. The summed E-state index contributed by atoms with van der Waals surface area (Å²) in [5, 5.41) is 6.73. The summed E-state index contributed by atoms with van der Waals surface area (Å²) in [6.45, 7) is 6.46. The van der Waals surface area contributed by atoms with Crippen LogP contribution in [-0.2, 0) is 16.1 Å². The van der Waals surface area contributed by atoms with Crippen molar-refractivity contribution in [2.45, 2.75) is 50.7 Å². The average Bonchev–Trinajstić information content (AvgIpc) is 3.00. The number of rotatable bonds is 11. The Hall–Kier alpha value is -3.10. The normalized spacial score (nSPS) is 22.4. The van der Waals surface area contributed by atoms with Gasteiger partial charge in [-0.15, -0.1) is 24.8 Å². The van der Waals surface area contributed by atoms with Gasteiger partial charge in [-0.1, -0.05) is 86.6 Å². The van der Waals surface area contributed by atoms with Gasteiger partial charge in [-0.25, -0.2) is 0 Å². The second-order valence-corrected chi connectivity index (χ2v) is 11.7. The quantitative estimate of drug-likeness (QED) is 0.282. The smallest absolute Gasteiger partial charge is 0.236 e. The lowest BCUT2D eigenvalue weighted by Crippen LogP contribution is -2.69. The molecule has 43 heavy (non-hydrogen) atoms. The van der Waals surface area contributed by atoms with Crippen molar-refractivity contribution in [1.82, 2.24) is 15.5 Å². The molecule has 0 spiro atoms. The summed E-state index contributed by atoms with van der Waals surface area (Å²) in [6, 6.07) is 28.0. The van der Waals surface area contributed by atoms with Crippen LogP contribution in [0.4, 0.5) is 0 Å². The lowest BCUT2D eigenvalue weighted by Gasteiger charge is -2.56. The first kappa shape index (κ1) is 34.4. The van der Waals surface area contributed by atoms with Gasteiger partial charge in [0.05, 0.1) is 19.6 Å². The Morgan fingerprint density at radius 2 is 1.58 bits per heavy atom. The zero-order valence-corrected chi connectivity index (χ0v) is 26.7. The summed E-state index contributed by atoms with van der Waals surface area (Å²) in [7, 11) is 1.71. The molecule has 3 aliphatic heterocycles. The van der Waals surface area contributed by atoms with Gasteiger partial charge >= 0.3 is 0 Å². The third kappa shape index (κ3) is 7.71. The van der Waals surface area contributed by atoms with Gasteiger partial charge in [-0.3, -0.25) is 14.5 Å². The largest absolute Gasteiger partial charge is 0.496 e. The molecule has 4 N–H and O–H groups in total. The molecular weight excluding hydrogens is 583 g/mol. The van der Waals surface area contributed by atoms with Gasteiger partial charge in [0.1, 0.15) is 5.75 Å². The Bertz CT molecular complexity index is 1300. The van der Waals surface area contributed by atoms with Crippen molar-refractivity contribution < 1.29 is 14.3 Å². The number of primary amides is 1. The highest BCUT2D eigenvalue weighted by molar-refractivity contribution is 5.86. The standard InChI is InChI=1S/C34H42N4O3.2ClH/c1-22(2)25-14-15-29(41-3)26(18-25)19-36-32-27-16-17-38(21-28(27)34(40)37-20-30(35)39)33(32)31(23-10-6-4-7-11-23)24-12-8-5-9-13-24;;/h4-15,18,22,27-28,31-33,36H,16-17,19-21H2,1-3H3,(H2,35,39)(H,37,40);2*1H/t27-,28-,32-,33-;;/m0../s1. The molecule has 0 aliphatic carbocycles. The lowest BCUT2D eigenvalue weighted by atomic mass is 9.66. The van der Waals surface area contributed by atoms with E-state index >= 15 is 0 Å². The van der Waals surface area contributed by atoms with E-state index in [1.165, 1.54) is 16.7 Å². The molecule has 9 heteroatoms. The number of nitrogens with one attached hydrogen (secondary N) is 2. The topological polar surface area (TPSA) is 96.7 Å². The first-order chi connectivity index (χ1) is 19.9. The zero-order valence-electron chi connectivity index (χ0n) is 25.1. The second-order valence-electron chi connectivity index (χ2n) is 11.7. The second kappa shape index (κ2) is 15.6. The zero-order chi connectivity index (χ0) is 28.9. The minimum Gasteiger partial charge on any atom is -0.496 e. The maximum Gasteiger partial charge on any atom is 0.236 e. The van der Waals surface area contributed by atoms with E-state index in [1.807, 2.05) is 0 Å². The molecule has 0 aromatic heterocycles. The number of hydrogen-bond donors (Lipinski definition) is 3. The van der Waals surface area contributed by atoms with Crippen LogP contribution in [0.25, 0.3) is 0 Å². The third-order valence-corrected chi connectivity index (χ3v) is 8.88. The molecule has 7 nitrogen and oxygen atoms in total. The molecule has 2 bridgehead atoms. The molecule has 3 aromatic carbocycles. The number of methoxy groups -OCH3 is 1. The first-order valence-corrected chi connectivity index (χ1v) is 14.7. The van der Waals surface area contributed by atoms with Crippen LogP contribution in [0.5, 0.6) is 5.75 Å². The molecule has 3 fully saturated rings. The fourth-order valence-corrected chi connectivity index (χ4v) is 6.88. The van der Waals surface area contributed by atoms with Gasteiger partial charge < -0.3 is 21.1 Å². The predicted molar refractivity (Wildman–Crippen MR) is 176 cm³/mol. The van der Waals surface area contributed by atoms with Crippen LogP contribution in [0.2, 0.25) is 0 Å². The average molecular weight is 628 g/mol. The van der Waals surface area contributed by atoms with E-state index in [9.17, 15) is 9.59 Å². The molecule has 5 atom stereocenters. The molecule has 3 aromatic rings. The van der Waals surface area contributed by atoms with Crippen LogP contribution >= 0.6 is 24.8 Å². The maximum atomic E-state index is 13.4. The Morgan fingerprint density at radius 1 is 0.953 bits per heavy atom. The molecule has 0 radical (unpaired) electrons. The summed E-state index contributed by atoms with van der Waals surface area (Å²) < 4.78 is 5.75. The molecule has 6 rings (SSSR count). The number of carbonyl (C=O) groups excluding carboxylic acids is 2. The molecule has 0 saturated carbocycles. The number of carbonyl (C=O) groups is 2. The summed E-state index contributed by atoms with van der Waals surface area (Å²) in [5.41, 5.74) is 10.2. The van der Waals surface area contributed by atoms with Crippen LogP contribution < -0.4 is 21.1 Å². The van der Waals surface area contributed by atoms with Gasteiger partial charge in [0, 0.05) is 36.7 Å². The molecule has 232 valence electrons. The summed E-state index contributed by atoms with van der Waals surface area (Å²) >= 11 is 0. The van der Waals surface area contributed by atoms with Crippen molar-refractivity contribution >= 4 is 36.6 Å². The van der Waals surface area contributed by atoms with E-state index in [1.54, 1.807) is 7.11 Å². The maximum absolute atomic E-state index is 13.4. The monoisotopic (exact) mass is 626 g/mol. The summed E-state index contributed by atoms with van der Waals surface area (Å²) in [5.74, 6) is 0.633. The van der Waals surface area contributed by atoms with E-state index in [-0.39, 0.29) is 67.1 Å². The van der Waals surface area contributed by atoms with Crippen molar-refractivity contribution in [3.63, 3.8) is 0 Å². The molecule has 3 heterocycles. The number of piperidine rings is 3. The number of amides is 2. The van der Waals surface area contributed by atoms with E-state index in [2.05, 4.69) is 108 Å². The molecule has 2 amide bonds. The highest BCUT2D eigenvalue weighted by Crippen LogP contribution is 2.44. The van der Waals surface area contributed by atoms with Crippen LogP contribution in [0.15, 0.2) is 78.9 Å². The van der Waals surface area contributed by atoms with Crippen molar-refractivity contribution in [1.29, 1.82) is 0 Å². The van der Waals surface area contributed by atoms with E-state index in [4.69, 9.17) is 10.5 Å². The minimum atomic E-state index is -0.530. The lowest BCUT2D eigenvalue weighted by molar-refractivity contribution is -0.136. The number of nitrogens with two attached hydrogens (primary N) is 1. The molecule has 1 unspecified atom stereocenters. The SMILES string of the molecule is COc1ccc(C(C)C)cc1CN[C@H]1[C@H]2CCN(C[C@@H]2C(=O)NCC(N)=O)[C@H]1C(c1ccccc1)c1ccccc1.Cl.Cl. The van der Waals surface area contributed by atoms with Crippen molar-refractivity contribution in [3.05, 3.63) is 101 Å². The summed E-state index contributed by atoms with van der Waals surface area (Å²) in [6.07, 6.45) is 0.905. The van der Waals surface area contributed by atoms with E-state index < -0.39 is 5.91 Å². The number of fused-ring (bicyclic) bond motifs is 3. The highest BCUT2D eigenvalue weighted by atomic mass is 35.5. The molecule has 3 saturated heterocycles. The van der Waals surface area contributed by atoms with Crippen LogP contribution in [-0.4, -0.2) is 55.5 Å². The van der Waals surface area contributed by atoms with Crippen LogP contribution in [0.3, 0.4) is 0 Å². The third-order valence-electron chi connectivity index (χ3n) is 8.88. The fourth-order valence-electron chi connectivity index (χ4n) is 6.88. The van der Waals surface area contributed by atoms with Crippen LogP contribution in [0.1, 0.15) is 54.4 Å². The van der Waals surface area contributed by atoms with Gasteiger partial charge in [0.15, 0.2) is 0 Å². The van der Waals surface area contributed by atoms with Gasteiger partial charge in [0.2, 0.25) is 11.8 Å². The van der Waals surface area contributed by atoms with Gasteiger partial charge in [-0.05, 0) is 47.6 Å². The Balaban J connectivity index is 0.00000253. The molecule has 3 aliphatic rings. The first-order valence-electron chi connectivity index (χ1n) is 14.7. The van der Waals surface area contributed by atoms with Gasteiger partial charge in [-0.2, -0.15) is 0 Å². The van der Waals surface area contributed by atoms with Gasteiger partial charge in [0.25, 0.3) is 0 Å². The predicted octanol–water partition coefficient (Wildman–Crippen LogP) is 4.87. The summed E-state index contributed by atoms with van der Waals surface area (Å²) in [4.78, 5) is 27.3. The Kier molecular flexibility index (Phi) is 12.5. The number of nitrogens with zero attached hydrogens (tertiary/aromatic N) is 1. The van der Waals surface area contributed by atoms with E-state index in [0.29, 0.717) is 19.0 Å². The van der Waals surface area contributed by atoms with Crippen LogP contribution in [0, 0.1) is 11.8 Å². The fraction of sp³-hybridized carbons (Fsp3) is 0.412. The van der Waals surface area contributed by atoms with E-state index in [0.717, 1.165) is 24.3 Å². The Morgan fingerprint density at radius 3 is 2.14 bits per heavy atom. The Labute approximate surface area is 267 Å². The number of benzene rings is 3.